The Morgan fingerprint density at radius 3 is 2.87 bits per heavy atom. The third kappa shape index (κ3) is 3.75. The quantitative estimate of drug-likeness (QED) is 0.882. The Morgan fingerprint density at radius 2 is 2.33 bits per heavy atom. The number of benzene rings is 1. The number of hydrogen-bond donors (Lipinski definition) is 1. The van der Waals surface area contributed by atoms with E-state index >= 15 is 0 Å². The third-order valence-electron chi connectivity index (χ3n) is 1.96. The van der Waals surface area contributed by atoms with E-state index < -0.39 is 0 Å². The average Bonchev–Trinajstić information content (AvgIpc) is 2.26. The lowest BCUT2D eigenvalue weighted by Gasteiger charge is -2.08. The van der Waals surface area contributed by atoms with E-state index in [1.807, 2.05) is 19.1 Å². The van der Waals surface area contributed by atoms with Gasteiger partial charge in [-0.1, -0.05) is 24.6 Å². The maximum atomic E-state index is 8.87. The largest absolute Gasteiger partial charge is 0.395 e. The summed E-state index contributed by atoms with van der Waals surface area (Å²) in [4.78, 5) is 0. The Labute approximate surface area is 98.9 Å². The van der Waals surface area contributed by atoms with Crippen molar-refractivity contribution in [2.75, 3.05) is 6.61 Å². The minimum absolute atomic E-state index is 0.165. The molecule has 1 atom stereocenters. The molecular weight excluding hydrogens is 230 g/mol. The minimum atomic E-state index is 0.165. The summed E-state index contributed by atoms with van der Waals surface area (Å²) in [6.07, 6.45) is 0. The summed E-state index contributed by atoms with van der Waals surface area (Å²) in [6.45, 7) is 2.13. The summed E-state index contributed by atoms with van der Waals surface area (Å²) in [5.74, 6) is 0.756. The number of rotatable bonds is 4. The van der Waals surface area contributed by atoms with Crippen molar-refractivity contribution in [3.05, 3.63) is 34.3 Å². The molecule has 1 N–H and O–H groups in total. The van der Waals surface area contributed by atoms with Gasteiger partial charge in [0, 0.05) is 16.0 Å². The highest BCUT2D eigenvalue weighted by molar-refractivity contribution is 7.99. The highest BCUT2D eigenvalue weighted by Crippen LogP contribution is 2.24. The van der Waals surface area contributed by atoms with E-state index in [0.717, 1.165) is 11.3 Å². The Hall–Kier alpha value is -0.690. The van der Waals surface area contributed by atoms with Gasteiger partial charge in [0.1, 0.15) is 0 Å². The number of aliphatic hydroxyl groups is 1. The molecule has 0 radical (unpaired) electrons. The van der Waals surface area contributed by atoms with Gasteiger partial charge in [-0.15, -0.1) is 0 Å². The molecule has 1 unspecified atom stereocenters. The fourth-order valence-corrected chi connectivity index (χ4v) is 2.17. The SMILES string of the molecule is CC(CO)SCc1ccc(C#N)cc1Cl. The van der Waals surface area contributed by atoms with Gasteiger partial charge >= 0.3 is 0 Å². The predicted molar refractivity (Wildman–Crippen MR) is 64.0 cm³/mol. The summed E-state index contributed by atoms with van der Waals surface area (Å²) < 4.78 is 0. The molecule has 1 aromatic rings. The predicted octanol–water partition coefficient (Wildman–Crippen LogP) is 2.83. The van der Waals surface area contributed by atoms with Crippen molar-refractivity contribution in [1.82, 2.24) is 0 Å². The molecule has 2 nitrogen and oxygen atoms in total. The topological polar surface area (TPSA) is 44.0 Å². The second-order valence-electron chi connectivity index (χ2n) is 3.22. The van der Waals surface area contributed by atoms with Crippen LogP contribution in [0, 0.1) is 11.3 Å². The number of thioether (sulfide) groups is 1. The lowest BCUT2D eigenvalue weighted by atomic mass is 10.2. The fraction of sp³-hybridized carbons (Fsp3) is 0.364. The molecule has 0 spiro atoms. The Kier molecular flexibility index (Phi) is 4.97. The average molecular weight is 242 g/mol. The summed E-state index contributed by atoms with van der Waals surface area (Å²) in [6, 6.07) is 7.32. The van der Waals surface area contributed by atoms with E-state index in [0.29, 0.717) is 10.6 Å². The normalized spacial score (nSPS) is 12.1. The Morgan fingerprint density at radius 1 is 1.60 bits per heavy atom. The highest BCUT2D eigenvalue weighted by atomic mass is 35.5. The first-order valence-electron chi connectivity index (χ1n) is 4.58. The van der Waals surface area contributed by atoms with Crippen LogP contribution in [0.5, 0.6) is 0 Å². The molecule has 1 aromatic carbocycles. The lowest BCUT2D eigenvalue weighted by molar-refractivity contribution is 0.300. The standard InChI is InChI=1S/C11H12ClNOS/c1-8(6-14)15-7-10-3-2-9(5-13)4-11(10)12/h2-4,8,14H,6-7H2,1H3. The van der Waals surface area contributed by atoms with Crippen molar-refractivity contribution < 1.29 is 5.11 Å². The number of hydrogen-bond acceptors (Lipinski definition) is 3. The van der Waals surface area contributed by atoms with Crippen molar-refractivity contribution >= 4 is 23.4 Å². The molecule has 0 saturated heterocycles. The zero-order valence-electron chi connectivity index (χ0n) is 8.40. The summed E-state index contributed by atoms with van der Waals surface area (Å²) in [7, 11) is 0. The van der Waals surface area contributed by atoms with E-state index in [1.165, 1.54) is 0 Å². The van der Waals surface area contributed by atoms with Gasteiger partial charge in [0.05, 0.1) is 18.2 Å². The van der Waals surface area contributed by atoms with Crippen LogP contribution in [-0.4, -0.2) is 17.0 Å². The maximum absolute atomic E-state index is 8.87. The fourth-order valence-electron chi connectivity index (χ4n) is 1.02. The first-order valence-corrected chi connectivity index (χ1v) is 6.01. The molecule has 0 aliphatic heterocycles. The molecule has 15 heavy (non-hydrogen) atoms. The summed E-state index contributed by atoms with van der Waals surface area (Å²) >= 11 is 7.65. The Balaban J connectivity index is 2.67. The second kappa shape index (κ2) is 6.02. The van der Waals surface area contributed by atoms with Gasteiger partial charge in [-0.05, 0) is 17.7 Å². The molecule has 0 saturated carbocycles. The number of nitrogens with zero attached hydrogens (tertiary/aromatic N) is 1. The van der Waals surface area contributed by atoms with Crippen LogP contribution >= 0.6 is 23.4 Å². The van der Waals surface area contributed by atoms with Gasteiger partial charge < -0.3 is 5.11 Å². The van der Waals surface area contributed by atoms with Gasteiger partial charge in [-0.3, -0.25) is 0 Å². The molecule has 80 valence electrons. The van der Waals surface area contributed by atoms with Gasteiger partial charge in [-0.2, -0.15) is 17.0 Å². The molecule has 1 rings (SSSR count). The first-order chi connectivity index (χ1) is 7.17. The van der Waals surface area contributed by atoms with E-state index in [1.54, 1.807) is 23.9 Å². The van der Waals surface area contributed by atoms with Crippen LogP contribution < -0.4 is 0 Å². The van der Waals surface area contributed by atoms with Crippen molar-refractivity contribution in [3.8, 4) is 6.07 Å². The smallest absolute Gasteiger partial charge is 0.0992 e. The van der Waals surface area contributed by atoms with Gasteiger partial charge in [0.2, 0.25) is 0 Å². The van der Waals surface area contributed by atoms with Gasteiger partial charge in [0.25, 0.3) is 0 Å². The molecule has 0 fully saturated rings. The zero-order valence-corrected chi connectivity index (χ0v) is 9.98. The van der Waals surface area contributed by atoms with Gasteiger partial charge in [-0.25, -0.2) is 0 Å². The Bertz CT molecular complexity index is 375. The molecule has 0 aliphatic rings. The van der Waals surface area contributed by atoms with E-state index in [2.05, 4.69) is 0 Å². The summed E-state index contributed by atoms with van der Waals surface area (Å²) in [5.41, 5.74) is 1.57. The first kappa shape index (κ1) is 12.4. The van der Waals surface area contributed by atoms with Crippen LogP contribution in [0.2, 0.25) is 5.02 Å². The molecule has 0 amide bonds. The van der Waals surface area contributed by atoms with Crippen LogP contribution in [0.15, 0.2) is 18.2 Å². The maximum Gasteiger partial charge on any atom is 0.0992 e. The lowest BCUT2D eigenvalue weighted by Crippen LogP contribution is -2.02. The van der Waals surface area contributed by atoms with Crippen molar-refractivity contribution in [2.24, 2.45) is 0 Å². The van der Waals surface area contributed by atoms with Crippen LogP contribution in [0.25, 0.3) is 0 Å². The monoisotopic (exact) mass is 241 g/mol. The molecular formula is C11H12ClNOS. The number of aliphatic hydroxyl groups excluding tert-OH is 1. The van der Waals surface area contributed by atoms with E-state index in [-0.39, 0.29) is 11.9 Å². The highest BCUT2D eigenvalue weighted by Gasteiger charge is 2.05. The van der Waals surface area contributed by atoms with E-state index in [9.17, 15) is 0 Å². The summed E-state index contributed by atoms with van der Waals surface area (Å²) in [5, 5.41) is 18.4. The third-order valence-corrected chi connectivity index (χ3v) is 3.51. The zero-order chi connectivity index (χ0) is 11.3. The van der Waals surface area contributed by atoms with Crippen molar-refractivity contribution in [1.29, 1.82) is 5.26 Å². The number of nitriles is 1. The molecule has 0 aliphatic carbocycles. The van der Waals surface area contributed by atoms with Crippen LogP contribution in [-0.2, 0) is 5.75 Å². The minimum Gasteiger partial charge on any atom is -0.395 e. The van der Waals surface area contributed by atoms with Crippen LogP contribution in [0.1, 0.15) is 18.1 Å². The molecule has 0 bridgehead atoms. The second-order valence-corrected chi connectivity index (χ2v) is 5.06. The van der Waals surface area contributed by atoms with Crippen molar-refractivity contribution in [2.45, 2.75) is 17.9 Å². The van der Waals surface area contributed by atoms with Crippen molar-refractivity contribution in [3.63, 3.8) is 0 Å². The van der Waals surface area contributed by atoms with Gasteiger partial charge in [0.15, 0.2) is 0 Å². The molecule has 4 heteroatoms. The molecule has 0 aromatic heterocycles. The van der Waals surface area contributed by atoms with Crippen LogP contribution in [0.3, 0.4) is 0 Å². The van der Waals surface area contributed by atoms with Crippen LogP contribution in [0.4, 0.5) is 0 Å². The van der Waals surface area contributed by atoms with E-state index in [4.69, 9.17) is 22.0 Å². The number of halogens is 1. The molecule has 0 heterocycles.